The molecule has 2 aromatic carbocycles. The van der Waals surface area contributed by atoms with E-state index in [9.17, 15) is 9.90 Å². The Morgan fingerprint density at radius 1 is 1.08 bits per heavy atom. The third-order valence-corrected chi connectivity index (χ3v) is 4.73. The summed E-state index contributed by atoms with van der Waals surface area (Å²) in [5, 5.41) is 15.9. The zero-order valence-corrected chi connectivity index (χ0v) is 15.6. The Bertz CT molecular complexity index is 978. The van der Waals surface area contributed by atoms with Gasteiger partial charge in [0.2, 0.25) is 0 Å². The minimum absolute atomic E-state index is 0.0250. The molecule has 1 aromatic heterocycles. The summed E-state index contributed by atoms with van der Waals surface area (Å²) in [6.45, 7) is 4.25. The summed E-state index contributed by atoms with van der Waals surface area (Å²) >= 11 is 5.92. The van der Waals surface area contributed by atoms with Crippen LogP contribution >= 0.6 is 11.6 Å². The number of benzene rings is 2. The second kappa shape index (κ2) is 7.75. The fourth-order valence-corrected chi connectivity index (χ4v) is 3.13. The van der Waals surface area contributed by atoms with Crippen LogP contribution in [0.1, 0.15) is 23.7 Å². The monoisotopic (exact) mass is 368 g/mol. The van der Waals surface area contributed by atoms with E-state index in [0.717, 1.165) is 16.7 Å². The average molecular weight is 369 g/mol. The van der Waals surface area contributed by atoms with Crippen LogP contribution in [0.2, 0.25) is 5.02 Å². The maximum absolute atomic E-state index is 12.8. The molecule has 0 spiro atoms. The van der Waals surface area contributed by atoms with Gasteiger partial charge in [0.1, 0.15) is 5.69 Å². The van der Waals surface area contributed by atoms with E-state index in [-0.39, 0.29) is 11.3 Å². The molecule has 5 heteroatoms. The Kier molecular flexibility index (Phi) is 5.43. The second-order valence-corrected chi connectivity index (χ2v) is 6.67. The number of halogens is 1. The van der Waals surface area contributed by atoms with Gasteiger partial charge in [-0.15, -0.1) is 0 Å². The molecule has 0 amide bonds. The van der Waals surface area contributed by atoms with Crippen LogP contribution in [0.15, 0.2) is 53.3 Å². The van der Waals surface area contributed by atoms with Gasteiger partial charge in [-0.05, 0) is 55.5 Å². The number of aromatic hydroxyl groups is 1. The van der Waals surface area contributed by atoms with Gasteiger partial charge in [-0.1, -0.05) is 48.0 Å². The Labute approximate surface area is 157 Å². The van der Waals surface area contributed by atoms with Crippen molar-refractivity contribution < 1.29 is 5.11 Å². The van der Waals surface area contributed by atoms with Crippen LogP contribution in [0.3, 0.4) is 0 Å². The topological polar surface area (TPSA) is 55.1 Å². The van der Waals surface area contributed by atoms with Gasteiger partial charge < -0.3 is 5.11 Å². The van der Waals surface area contributed by atoms with Gasteiger partial charge in [0, 0.05) is 11.6 Å². The van der Waals surface area contributed by atoms with Crippen LogP contribution in [0.5, 0.6) is 5.75 Å². The second-order valence-electron chi connectivity index (χ2n) is 6.23. The molecule has 1 N–H and O–H groups in total. The molecule has 4 nitrogen and oxygen atoms in total. The van der Waals surface area contributed by atoms with Crippen LogP contribution < -0.4 is 5.56 Å². The maximum Gasteiger partial charge on any atom is 0.278 e. The van der Waals surface area contributed by atoms with E-state index < -0.39 is 0 Å². The van der Waals surface area contributed by atoms with E-state index in [1.54, 1.807) is 0 Å². The Hall–Kier alpha value is -2.59. The van der Waals surface area contributed by atoms with Crippen molar-refractivity contribution in [3.05, 3.63) is 80.7 Å². The smallest absolute Gasteiger partial charge is 0.278 e. The highest BCUT2D eigenvalue weighted by molar-refractivity contribution is 6.30. The molecular weight excluding hydrogens is 348 g/mol. The van der Waals surface area contributed by atoms with Crippen molar-refractivity contribution in [2.45, 2.75) is 33.2 Å². The summed E-state index contributed by atoms with van der Waals surface area (Å²) < 4.78 is 1.42. The van der Waals surface area contributed by atoms with Crippen molar-refractivity contribution in [2.24, 2.45) is 0 Å². The lowest BCUT2D eigenvalue weighted by Gasteiger charge is -2.14. The first-order valence-corrected chi connectivity index (χ1v) is 9.02. The fraction of sp³-hybridized carbons (Fsp3) is 0.238. The molecule has 134 valence electrons. The predicted octanol–water partition coefficient (Wildman–Crippen LogP) is 4.38. The quantitative estimate of drug-likeness (QED) is 0.727. The van der Waals surface area contributed by atoms with E-state index in [1.807, 2.05) is 62.4 Å². The van der Waals surface area contributed by atoms with E-state index in [2.05, 4.69) is 5.10 Å². The minimum Gasteiger partial charge on any atom is -0.505 e. The van der Waals surface area contributed by atoms with Gasteiger partial charge in [-0.3, -0.25) is 4.79 Å². The van der Waals surface area contributed by atoms with Crippen molar-refractivity contribution >= 4 is 11.6 Å². The molecule has 0 aliphatic rings. The largest absolute Gasteiger partial charge is 0.505 e. The lowest BCUT2D eigenvalue weighted by Crippen LogP contribution is -2.25. The van der Waals surface area contributed by atoms with Gasteiger partial charge in [-0.25, -0.2) is 4.68 Å². The Morgan fingerprint density at radius 2 is 1.77 bits per heavy atom. The van der Waals surface area contributed by atoms with Crippen molar-refractivity contribution in [3.63, 3.8) is 0 Å². The molecule has 0 saturated carbocycles. The van der Waals surface area contributed by atoms with Crippen LogP contribution in [0.25, 0.3) is 11.1 Å². The van der Waals surface area contributed by atoms with Crippen LogP contribution in [0.4, 0.5) is 0 Å². The normalized spacial score (nSPS) is 10.9. The summed E-state index contributed by atoms with van der Waals surface area (Å²) in [6, 6.07) is 15.2. The number of nitrogens with zero attached hydrogens (tertiary/aromatic N) is 2. The molecule has 0 unspecified atom stereocenters. The number of hydrogen-bond acceptors (Lipinski definition) is 3. The molecule has 0 atom stereocenters. The molecule has 0 radical (unpaired) electrons. The van der Waals surface area contributed by atoms with Crippen LogP contribution in [-0.4, -0.2) is 14.9 Å². The first-order chi connectivity index (χ1) is 12.5. The number of aryl methyl sites for hydroxylation is 4. The van der Waals surface area contributed by atoms with Crippen molar-refractivity contribution in [1.82, 2.24) is 9.78 Å². The van der Waals surface area contributed by atoms with Gasteiger partial charge in [0.15, 0.2) is 5.75 Å². The molecule has 0 aliphatic carbocycles. The highest BCUT2D eigenvalue weighted by atomic mass is 35.5. The van der Waals surface area contributed by atoms with Gasteiger partial charge in [-0.2, -0.15) is 5.10 Å². The first-order valence-electron chi connectivity index (χ1n) is 8.64. The highest BCUT2D eigenvalue weighted by Gasteiger charge is 2.19. The van der Waals surface area contributed by atoms with Gasteiger partial charge in [0.25, 0.3) is 5.56 Å². The molecule has 3 rings (SSSR count). The molecular formula is C21H21ClN2O2. The number of rotatable bonds is 5. The van der Waals surface area contributed by atoms with Gasteiger partial charge >= 0.3 is 0 Å². The zero-order valence-electron chi connectivity index (χ0n) is 14.9. The average Bonchev–Trinajstić information content (AvgIpc) is 2.64. The highest BCUT2D eigenvalue weighted by Crippen LogP contribution is 2.30. The van der Waals surface area contributed by atoms with E-state index in [4.69, 9.17) is 11.6 Å². The van der Waals surface area contributed by atoms with Crippen molar-refractivity contribution in [2.75, 3.05) is 0 Å². The van der Waals surface area contributed by atoms with E-state index in [1.165, 1.54) is 4.68 Å². The summed E-state index contributed by atoms with van der Waals surface area (Å²) in [6.07, 6.45) is 1.24. The Morgan fingerprint density at radius 3 is 2.42 bits per heavy atom. The maximum atomic E-state index is 12.8. The molecule has 26 heavy (non-hydrogen) atoms. The standard InChI is InChI=1S/C21H21ClN2O2/c1-3-24-21(26)19(17-7-5-4-6-14(17)2)20(25)18(23-24)13-10-15-8-11-16(22)12-9-15/h4-9,11-12,25H,3,10,13H2,1-2H3. The summed E-state index contributed by atoms with van der Waals surface area (Å²) in [7, 11) is 0. The zero-order chi connectivity index (χ0) is 18.7. The molecule has 0 aliphatic heterocycles. The van der Waals surface area contributed by atoms with E-state index in [0.29, 0.717) is 35.7 Å². The minimum atomic E-state index is -0.269. The lowest BCUT2D eigenvalue weighted by atomic mass is 9.99. The fourth-order valence-electron chi connectivity index (χ4n) is 3.01. The van der Waals surface area contributed by atoms with Crippen LogP contribution in [0, 0.1) is 6.92 Å². The molecule has 0 bridgehead atoms. The first kappa shape index (κ1) is 18.2. The molecule has 0 fully saturated rings. The lowest BCUT2D eigenvalue weighted by molar-refractivity contribution is 0.451. The Balaban J connectivity index is 2.03. The van der Waals surface area contributed by atoms with Crippen molar-refractivity contribution in [1.29, 1.82) is 0 Å². The SMILES string of the molecule is CCn1nc(CCc2ccc(Cl)cc2)c(O)c(-c2ccccc2C)c1=O. The number of aromatic nitrogens is 2. The number of hydrogen-bond donors (Lipinski definition) is 1. The molecule has 3 aromatic rings. The summed E-state index contributed by atoms with van der Waals surface area (Å²) in [5.74, 6) is -0.0250. The summed E-state index contributed by atoms with van der Waals surface area (Å²) in [5.41, 5.74) is 3.37. The molecule has 1 heterocycles. The third kappa shape index (κ3) is 3.65. The van der Waals surface area contributed by atoms with E-state index >= 15 is 0 Å². The molecule has 0 saturated heterocycles. The van der Waals surface area contributed by atoms with Gasteiger partial charge in [0.05, 0.1) is 5.56 Å². The summed E-state index contributed by atoms with van der Waals surface area (Å²) in [4.78, 5) is 12.8. The van der Waals surface area contributed by atoms with Crippen LogP contribution in [-0.2, 0) is 19.4 Å². The predicted molar refractivity (Wildman–Crippen MR) is 105 cm³/mol. The van der Waals surface area contributed by atoms with Crippen molar-refractivity contribution in [3.8, 4) is 16.9 Å². The third-order valence-electron chi connectivity index (χ3n) is 4.48.